The quantitative estimate of drug-likeness (QED) is 0.629. The smallest absolute Gasteiger partial charge is 0.240 e. The van der Waals surface area contributed by atoms with Crippen LogP contribution in [-0.4, -0.2) is 41.1 Å². The Morgan fingerprint density at radius 2 is 1.91 bits per heavy atom. The fourth-order valence-corrected chi connectivity index (χ4v) is 2.94. The van der Waals surface area contributed by atoms with E-state index in [0.29, 0.717) is 32.5 Å². The Kier molecular flexibility index (Phi) is 8.08. The van der Waals surface area contributed by atoms with E-state index >= 15 is 0 Å². The number of aryl methyl sites for hydroxylation is 1. The van der Waals surface area contributed by atoms with Gasteiger partial charge in [0, 0.05) is 33.2 Å². The van der Waals surface area contributed by atoms with Crippen LogP contribution in [0.4, 0.5) is 0 Å². The third kappa shape index (κ3) is 6.55. The first-order valence-corrected chi connectivity index (χ1v) is 8.82. The molecule has 1 aromatic rings. The average molecular weight is 328 g/mol. The molecule has 0 heterocycles. The number of amides is 1. The molecule has 0 saturated heterocycles. The summed E-state index contributed by atoms with van der Waals surface area (Å²) in [6, 6.07) is 6.60. The highest BCUT2D eigenvalue weighted by Gasteiger charge is 2.12. The van der Waals surface area contributed by atoms with Crippen LogP contribution in [0.5, 0.6) is 0 Å². The van der Waals surface area contributed by atoms with E-state index in [1.165, 1.54) is 0 Å². The van der Waals surface area contributed by atoms with E-state index in [4.69, 9.17) is 4.74 Å². The molecule has 0 bridgehead atoms. The molecule has 0 fully saturated rings. The number of rotatable bonds is 10. The van der Waals surface area contributed by atoms with Gasteiger partial charge < -0.3 is 10.1 Å². The molecular formula is C15H24N2O4S. The van der Waals surface area contributed by atoms with Crippen LogP contribution in [-0.2, 0) is 26.0 Å². The predicted molar refractivity (Wildman–Crippen MR) is 85.1 cm³/mol. The zero-order valence-corrected chi connectivity index (χ0v) is 13.9. The summed E-state index contributed by atoms with van der Waals surface area (Å²) in [7, 11) is -1.79. The predicted octanol–water partition coefficient (Wildman–Crippen LogP) is 1.07. The van der Waals surface area contributed by atoms with Crippen molar-refractivity contribution in [3.05, 3.63) is 29.8 Å². The van der Waals surface area contributed by atoms with Crippen LogP contribution in [0.15, 0.2) is 29.2 Å². The van der Waals surface area contributed by atoms with Gasteiger partial charge in [0.1, 0.15) is 0 Å². The number of hydrogen-bond donors (Lipinski definition) is 2. The van der Waals surface area contributed by atoms with Gasteiger partial charge in [0.05, 0.1) is 4.90 Å². The fraction of sp³-hybridized carbons (Fsp3) is 0.533. The zero-order valence-electron chi connectivity index (χ0n) is 13.1. The summed E-state index contributed by atoms with van der Waals surface area (Å²) < 4.78 is 30.9. The molecule has 0 unspecified atom stereocenters. The Balaban J connectivity index is 2.43. The molecule has 0 aliphatic carbocycles. The molecule has 0 aromatic heterocycles. The number of ether oxygens (including phenoxy) is 1. The minimum atomic E-state index is -3.42. The maximum Gasteiger partial charge on any atom is 0.240 e. The van der Waals surface area contributed by atoms with E-state index in [-0.39, 0.29) is 10.8 Å². The molecule has 22 heavy (non-hydrogen) atoms. The highest BCUT2D eigenvalue weighted by molar-refractivity contribution is 7.89. The standard InChI is InChI=1S/C15H24N2O4S/c1-3-17-22(19,20)14-8-5-13(6-9-14)7-10-15(18)16-11-4-12-21-2/h5-6,8-9,17H,3-4,7,10-12H2,1-2H3,(H,16,18). The number of benzene rings is 1. The first-order chi connectivity index (χ1) is 10.5. The van der Waals surface area contributed by atoms with Gasteiger partial charge in [-0.1, -0.05) is 19.1 Å². The van der Waals surface area contributed by atoms with Crippen LogP contribution in [0.25, 0.3) is 0 Å². The Morgan fingerprint density at radius 3 is 2.50 bits per heavy atom. The van der Waals surface area contributed by atoms with Crippen molar-refractivity contribution in [1.29, 1.82) is 0 Å². The summed E-state index contributed by atoms with van der Waals surface area (Å²) in [4.78, 5) is 11.9. The van der Waals surface area contributed by atoms with Gasteiger partial charge in [0.15, 0.2) is 0 Å². The number of carbonyl (C=O) groups is 1. The van der Waals surface area contributed by atoms with Crippen molar-refractivity contribution < 1.29 is 17.9 Å². The largest absolute Gasteiger partial charge is 0.385 e. The van der Waals surface area contributed by atoms with Crippen LogP contribution >= 0.6 is 0 Å². The van der Waals surface area contributed by atoms with Crippen LogP contribution in [0.1, 0.15) is 25.3 Å². The lowest BCUT2D eigenvalue weighted by atomic mass is 10.1. The van der Waals surface area contributed by atoms with Gasteiger partial charge in [-0.15, -0.1) is 0 Å². The molecule has 0 radical (unpaired) electrons. The van der Waals surface area contributed by atoms with Crippen molar-refractivity contribution in [2.45, 2.75) is 31.1 Å². The van der Waals surface area contributed by atoms with E-state index < -0.39 is 10.0 Å². The van der Waals surface area contributed by atoms with Crippen LogP contribution in [0, 0.1) is 0 Å². The first-order valence-electron chi connectivity index (χ1n) is 7.34. The third-order valence-corrected chi connectivity index (χ3v) is 4.62. The highest BCUT2D eigenvalue weighted by atomic mass is 32.2. The molecule has 0 spiro atoms. The van der Waals surface area contributed by atoms with Gasteiger partial charge in [0.25, 0.3) is 0 Å². The lowest BCUT2D eigenvalue weighted by Gasteiger charge is -2.07. The van der Waals surface area contributed by atoms with E-state index in [0.717, 1.165) is 12.0 Å². The molecule has 1 rings (SSSR count). The van der Waals surface area contributed by atoms with E-state index in [1.807, 2.05) is 0 Å². The molecule has 0 atom stereocenters. The normalized spacial score (nSPS) is 11.4. The Hall–Kier alpha value is -1.44. The van der Waals surface area contributed by atoms with Crippen molar-refractivity contribution in [3.63, 3.8) is 0 Å². The van der Waals surface area contributed by atoms with E-state index in [9.17, 15) is 13.2 Å². The number of carbonyl (C=O) groups excluding carboxylic acids is 1. The summed E-state index contributed by atoms with van der Waals surface area (Å²) in [5.41, 5.74) is 0.933. The summed E-state index contributed by atoms with van der Waals surface area (Å²) in [6.07, 6.45) is 1.75. The first kappa shape index (κ1) is 18.6. The fourth-order valence-electron chi connectivity index (χ4n) is 1.90. The van der Waals surface area contributed by atoms with Crippen LogP contribution < -0.4 is 10.0 Å². The number of nitrogens with one attached hydrogen (secondary N) is 2. The number of sulfonamides is 1. The molecule has 0 saturated carbocycles. The SMILES string of the molecule is CCNS(=O)(=O)c1ccc(CCC(=O)NCCCOC)cc1. The van der Waals surface area contributed by atoms with Gasteiger partial charge in [-0.3, -0.25) is 4.79 Å². The van der Waals surface area contributed by atoms with Crippen LogP contribution in [0.3, 0.4) is 0 Å². The summed E-state index contributed by atoms with van der Waals surface area (Å²) in [5.74, 6) is -0.0135. The Morgan fingerprint density at radius 1 is 1.23 bits per heavy atom. The summed E-state index contributed by atoms with van der Waals surface area (Å²) in [6.45, 7) is 3.32. The lowest BCUT2D eigenvalue weighted by Crippen LogP contribution is -2.25. The van der Waals surface area contributed by atoms with Crippen molar-refractivity contribution in [1.82, 2.24) is 10.0 Å². The van der Waals surface area contributed by atoms with Crippen molar-refractivity contribution in [2.75, 3.05) is 26.8 Å². The average Bonchev–Trinajstić information content (AvgIpc) is 2.50. The van der Waals surface area contributed by atoms with Crippen molar-refractivity contribution >= 4 is 15.9 Å². The molecular weight excluding hydrogens is 304 g/mol. The van der Waals surface area contributed by atoms with Gasteiger partial charge in [-0.2, -0.15) is 0 Å². The molecule has 1 amide bonds. The summed E-state index contributed by atoms with van der Waals surface area (Å²) in [5, 5.41) is 2.82. The molecule has 0 aliphatic rings. The second-order valence-electron chi connectivity index (χ2n) is 4.84. The van der Waals surface area contributed by atoms with Crippen LogP contribution in [0.2, 0.25) is 0 Å². The van der Waals surface area contributed by atoms with Gasteiger partial charge in [0.2, 0.25) is 15.9 Å². The minimum Gasteiger partial charge on any atom is -0.385 e. The van der Waals surface area contributed by atoms with Gasteiger partial charge in [-0.05, 0) is 30.5 Å². The Labute approximate surface area is 132 Å². The molecule has 0 aliphatic heterocycles. The van der Waals surface area contributed by atoms with Gasteiger partial charge in [-0.25, -0.2) is 13.1 Å². The van der Waals surface area contributed by atoms with E-state index in [1.54, 1.807) is 38.3 Å². The maximum atomic E-state index is 11.8. The zero-order chi connectivity index (χ0) is 16.4. The molecule has 6 nitrogen and oxygen atoms in total. The van der Waals surface area contributed by atoms with Gasteiger partial charge >= 0.3 is 0 Å². The topological polar surface area (TPSA) is 84.5 Å². The second kappa shape index (κ2) is 9.55. The highest BCUT2D eigenvalue weighted by Crippen LogP contribution is 2.11. The molecule has 1 aromatic carbocycles. The maximum absolute atomic E-state index is 11.8. The number of hydrogen-bond acceptors (Lipinski definition) is 4. The monoisotopic (exact) mass is 328 g/mol. The van der Waals surface area contributed by atoms with E-state index in [2.05, 4.69) is 10.0 Å². The number of methoxy groups -OCH3 is 1. The second-order valence-corrected chi connectivity index (χ2v) is 6.61. The summed E-state index contributed by atoms with van der Waals surface area (Å²) >= 11 is 0. The lowest BCUT2D eigenvalue weighted by molar-refractivity contribution is -0.121. The molecule has 124 valence electrons. The van der Waals surface area contributed by atoms with Crippen molar-refractivity contribution in [2.24, 2.45) is 0 Å². The van der Waals surface area contributed by atoms with Crippen molar-refractivity contribution in [3.8, 4) is 0 Å². The Bertz CT molecular complexity index is 555. The third-order valence-electron chi connectivity index (χ3n) is 3.06. The molecule has 7 heteroatoms. The molecule has 2 N–H and O–H groups in total. The minimum absolute atomic E-state index is 0.0135.